The molecule has 0 radical (unpaired) electrons. The van der Waals surface area contributed by atoms with Gasteiger partial charge in [0.2, 0.25) is 0 Å². The van der Waals surface area contributed by atoms with E-state index in [0.717, 1.165) is 12.8 Å². The molecule has 0 spiro atoms. The summed E-state index contributed by atoms with van der Waals surface area (Å²) in [6, 6.07) is 5.50. The number of hydrogen-bond donors (Lipinski definition) is 0. The van der Waals surface area contributed by atoms with Crippen molar-refractivity contribution in [1.29, 1.82) is 0 Å². The molecular weight excluding hydrogens is 289 g/mol. The quantitative estimate of drug-likeness (QED) is 0.781. The summed E-state index contributed by atoms with van der Waals surface area (Å²) in [5.74, 6) is -0.609. The maximum Gasteiger partial charge on any atom is 0.310 e. The van der Waals surface area contributed by atoms with E-state index in [1.165, 1.54) is 24.3 Å². The highest BCUT2D eigenvalue weighted by Crippen LogP contribution is 2.18. The molecule has 1 aliphatic heterocycles. The minimum absolute atomic E-state index is 0.124. The molecule has 0 N–H and O–H groups in total. The lowest BCUT2D eigenvalue weighted by atomic mass is 9.98. The van der Waals surface area contributed by atoms with Gasteiger partial charge in [0.15, 0.2) is 6.61 Å². The Labute approximate surface area is 129 Å². The zero-order valence-corrected chi connectivity index (χ0v) is 12.6. The van der Waals surface area contributed by atoms with Gasteiger partial charge in [-0.15, -0.1) is 0 Å². The molecule has 1 unspecified atom stereocenters. The number of ether oxygens (including phenoxy) is 2. The van der Waals surface area contributed by atoms with Gasteiger partial charge < -0.3 is 14.4 Å². The molecule has 0 saturated carbocycles. The maximum absolute atomic E-state index is 12.8. The van der Waals surface area contributed by atoms with Crippen LogP contribution in [0.5, 0.6) is 5.75 Å². The summed E-state index contributed by atoms with van der Waals surface area (Å²) in [5, 5.41) is 0. The molecule has 1 amide bonds. The van der Waals surface area contributed by atoms with E-state index < -0.39 is 0 Å². The van der Waals surface area contributed by atoms with Gasteiger partial charge in [0.1, 0.15) is 11.6 Å². The third-order valence-electron chi connectivity index (χ3n) is 3.57. The van der Waals surface area contributed by atoms with Crippen LogP contribution in [-0.2, 0) is 14.3 Å². The number of amides is 1. The minimum atomic E-state index is -0.355. The molecule has 22 heavy (non-hydrogen) atoms. The van der Waals surface area contributed by atoms with Crippen LogP contribution >= 0.6 is 0 Å². The highest BCUT2D eigenvalue weighted by atomic mass is 19.1. The molecule has 1 heterocycles. The Balaban J connectivity index is 1.83. The number of nitrogens with zero attached hydrogens (tertiary/aromatic N) is 1. The number of piperidine rings is 1. The maximum atomic E-state index is 12.8. The van der Waals surface area contributed by atoms with Gasteiger partial charge in [-0.1, -0.05) is 0 Å². The number of carbonyl (C=O) groups excluding carboxylic acids is 2. The molecule has 1 saturated heterocycles. The smallest absolute Gasteiger partial charge is 0.310 e. The third-order valence-corrected chi connectivity index (χ3v) is 3.57. The molecule has 2 rings (SSSR count). The van der Waals surface area contributed by atoms with Crippen molar-refractivity contribution < 1.29 is 23.5 Å². The van der Waals surface area contributed by atoms with Gasteiger partial charge >= 0.3 is 5.97 Å². The fourth-order valence-corrected chi connectivity index (χ4v) is 2.42. The first kappa shape index (κ1) is 16.3. The number of esters is 1. The SMILES string of the molecule is CCOC(=O)C1CCCN(C(=O)COc2ccc(F)cc2)C1. The highest BCUT2D eigenvalue weighted by molar-refractivity contribution is 5.79. The van der Waals surface area contributed by atoms with E-state index in [1.54, 1.807) is 11.8 Å². The third kappa shape index (κ3) is 4.44. The number of rotatable bonds is 5. The van der Waals surface area contributed by atoms with Crippen LogP contribution in [0.25, 0.3) is 0 Å². The molecule has 1 aromatic carbocycles. The lowest BCUT2D eigenvalue weighted by Crippen LogP contribution is -2.44. The Morgan fingerprint density at radius 1 is 1.32 bits per heavy atom. The van der Waals surface area contributed by atoms with Gasteiger partial charge in [-0.25, -0.2) is 4.39 Å². The standard InChI is InChI=1S/C16H20FNO4/c1-2-21-16(20)12-4-3-9-18(10-12)15(19)11-22-14-7-5-13(17)6-8-14/h5-8,12H,2-4,9-11H2,1H3. The zero-order valence-electron chi connectivity index (χ0n) is 12.6. The number of halogens is 1. The molecule has 1 aliphatic rings. The average Bonchev–Trinajstić information content (AvgIpc) is 2.54. The van der Waals surface area contributed by atoms with Crippen LogP contribution in [0.15, 0.2) is 24.3 Å². The molecule has 120 valence electrons. The van der Waals surface area contributed by atoms with Crippen LogP contribution in [0.2, 0.25) is 0 Å². The van der Waals surface area contributed by atoms with E-state index in [4.69, 9.17) is 9.47 Å². The van der Waals surface area contributed by atoms with Gasteiger partial charge in [-0.2, -0.15) is 0 Å². The first-order chi connectivity index (χ1) is 10.6. The Morgan fingerprint density at radius 3 is 2.73 bits per heavy atom. The fraction of sp³-hybridized carbons (Fsp3) is 0.500. The predicted molar refractivity (Wildman–Crippen MR) is 77.8 cm³/mol. The Bertz CT molecular complexity index is 517. The second-order valence-corrected chi connectivity index (χ2v) is 5.17. The van der Waals surface area contributed by atoms with E-state index in [-0.39, 0.29) is 30.2 Å². The van der Waals surface area contributed by atoms with E-state index in [0.29, 0.717) is 25.4 Å². The number of likely N-dealkylation sites (tertiary alicyclic amines) is 1. The van der Waals surface area contributed by atoms with Crippen molar-refractivity contribution in [3.63, 3.8) is 0 Å². The minimum Gasteiger partial charge on any atom is -0.484 e. The monoisotopic (exact) mass is 309 g/mol. The highest BCUT2D eigenvalue weighted by Gasteiger charge is 2.29. The molecule has 6 heteroatoms. The lowest BCUT2D eigenvalue weighted by Gasteiger charge is -2.31. The Kier molecular flexibility index (Phi) is 5.75. The molecule has 0 bridgehead atoms. The largest absolute Gasteiger partial charge is 0.484 e. The number of benzene rings is 1. The van der Waals surface area contributed by atoms with Crippen molar-refractivity contribution in [1.82, 2.24) is 4.90 Å². The van der Waals surface area contributed by atoms with Gasteiger partial charge in [-0.3, -0.25) is 9.59 Å². The van der Waals surface area contributed by atoms with Crippen LogP contribution in [0.1, 0.15) is 19.8 Å². The Morgan fingerprint density at radius 2 is 2.05 bits per heavy atom. The summed E-state index contributed by atoms with van der Waals surface area (Å²) in [5.41, 5.74) is 0. The summed E-state index contributed by atoms with van der Waals surface area (Å²) in [6.45, 7) is 2.96. The van der Waals surface area contributed by atoms with Gasteiger partial charge in [0.25, 0.3) is 5.91 Å². The van der Waals surface area contributed by atoms with E-state index in [9.17, 15) is 14.0 Å². The van der Waals surface area contributed by atoms with Crippen LogP contribution in [0, 0.1) is 11.7 Å². The van der Waals surface area contributed by atoms with Crippen LogP contribution in [0.3, 0.4) is 0 Å². The molecule has 1 aromatic rings. The Hall–Kier alpha value is -2.11. The molecule has 1 fully saturated rings. The van der Waals surface area contributed by atoms with Crippen molar-refractivity contribution in [3.05, 3.63) is 30.1 Å². The summed E-state index contributed by atoms with van der Waals surface area (Å²) in [4.78, 5) is 25.5. The second kappa shape index (κ2) is 7.77. The van der Waals surface area contributed by atoms with Gasteiger partial charge in [-0.05, 0) is 44.0 Å². The average molecular weight is 309 g/mol. The van der Waals surface area contributed by atoms with E-state index >= 15 is 0 Å². The van der Waals surface area contributed by atoms with Crippen LogP contribution in [0.4, 0.5) is 4.39 Å². The van der Waals surface area contributed by atoms with Crippen LogP contribution in [-0.4, -0.2) is 43.1 Å². The van der Waals surface area contributed by atoms with Crippen molar-refractivity contribution in [2.24, 2.45) is 5.92 Å². The summed E-state index contributed by atoms with van der Waals surface area (Å²) >= 11 is 0. The van der Waals surface area contributed by atoms with Gasteiger partial charge in [0.05, 0.1) is 12.5 Å². The van der Waals surface area contributed by atoms with Crippen molar-refractivity contribution in [3.8, 4) is 5.75 Å². The summed E-state index contributed by atoms with van der Waals surface area (Å²) < 4.78 is 23.1. The first-order valence-corrected chi connectivity index (χ1v) is 7.43. The number of carbonyl (C=O) groups is 2. The molecular formula is C16H20FNO4. The lowest BCUT2D eigenvalue weighted by molar-refractivity contribution is -0.151. The molecule has 5 nitrogen and oxygen atoms in total. The molecule has 0 aliphatic carbocycles. The fourth-order valence-electron chi connectivity index (χ4n) is 2.42. The van der Waals surface area contributed by atoms with Crippen molar-refractivity contribution in [2.45, 2.75) is 19.8 Å². The normalized spacial score (nSPS) is 17.9. The van der Waals surface area contributed by atoms with Gasteiger partial charge in [0, 0.05) is 13.1 Å². The predicted octanol–water partition coefficient (Wildman–Crippen LogP) is 2.01. The van der Waals surface area contributed by atoms with Crippen LogP contribution < -0.4 is 4.74 Å². The zero-order chi connectivity index (χ0) is 15.9. The number of hydrogen-bond acceptors (Lipinski definition) is 4. The summed E-state index contributed by atoms with van der Waals surface area (Å²) in [7, 11) is 0. The topological polar surface area (TPSA) is 55.8 Å². The first-order valence-electron chi connectivity index (χ1n) is 7.43. The van der Waals surface area contributed by atoms with E-state index in [2.05, 4.69) is 0 Å². The second-order valence-electron chi connectivity index (χ2n) is 5.17. The molecule has 1 atom stereocenters. The summed E-state index contributed by atoms with van der Waals surface area (Å²) in [6.07, 6.45) is 1.51. The van der Waals surface area contributed by atoms with Crippen molar-refractivity contribution in [2.75, 3.05) is 26.3 Å². The molecule has 0 aromatic heterocycles. The van der Waals surface area contributed by atoms with Crippen molar-refractivity contribution >= 4 is 11.9 Å². The van der Waals surface area contributed by atoms with E-state index in [1.807, 2.05) is 0 Å².